The first-order chi connectivity index (χ1) is 23.3. The molecule has 266 valence electrons. The van der Waals surface area contributed by atoms with E-state index < -0.39 is 40.1 Å². The molecule has 49 heavy (non-hydrogen) atoms. The van der Waals surface area contributed by atoms with Crippen molar-refractivity contribution < 1.29 is 27.5 Å². The molecule has 1 saturated carbocycles. The van der Waals surface area contributed by atoms with Gasteiger partial charge in [0.1, 0.15) is 5.75 Å². The summed E-state index contributed by atoms with van der Waals surface area (Å²) in [5.41, 5.74) is 3.66. The van der Waals surface area contributed by atoms with Gasteiger partial charge in [0.2, 0.25) is 5.91 Å². The maximum Gasteiger partial charge on any atom is 0.303 e. The molecule has 3 amide bonds. The number of methoxy groups -OCH3 is 1. The lowest BCUT2D eigenvalue weighted by Crippen LogP contribution is -2.50. The van der Waals surface area contributed by atoms with Crippen LogP contribution in [0.25, 0.3) is 0 Å². The van der Waals surface area contributed by atoms with E-state index in [-0.39, 0.29) is 29.3 Å². The molecule has 0 saturated heterocycles. The second kappa shape index (κ2) is 17.1. The third kappa shape index (κ3) is 10.5. The molecule has 0 radical (unpaired) electrons. The number of thiazole rings is 1. The number of carbonyl (C=O) groups is 3. The van der Waals surface area contributed by atoms with E-state index >= 15 is 0 Å². The van der Waals surface area contributed by atoms with Gasteiger partial charge in [-0.3, -0.25) is 18.7 Å². The van der Waals surface area contributed by atoms with Gasteiger partial charge in [0, 0.05) is 63.2 Å². The molecule has 0 unspecified atom stereocenters. The highest BCUT2D eigenvalue weighted by atomic mass is 32.2. The van der Waals surface area contributed by atoms with E-state index in [0.717, 1.165) is 32.7 Å². The van der Waals surface area contributed by atoms with Gasteiger partial charge in [-0.05, 0) is 68.0 Å². The van der Waals surface area contributed by atoms with Crippen LogP contribution in [0, 0.1) is 5.92 Å². The number of carbonyl (C=O) groups excluding carboxylic acids is 3. The molecule has 2 aromatic carbocycles. The molecule has 4 rings (SSSR count). The summed E-state index contributed by atoms with van der Waals surface area (Å²) in [5, 5.41) is 14.2. The summed E-state index contributed by atoms with van der Waals surface area (Å²) in [5.74, 6) is 0.159. The molecule has 0 spiro atoms. The molecule has 1 aliphatic rings. The van der Waals surface area contributed by atoms with Crippen LogP contribution in [0.15, 0.2) is 53.4 Å². The Bertz CT molecular complexity index is 1680. The van der Waals surface area contributed by atoms with E-state index in [1.165, 1.54) is 50.7 Å². The quantitative estimate of drug-likeness (QED) is 0.156. The number of anilines is 1. The second-order valence-corrected chi connectivity index (χ2v) is 15.3. The monoisotopic (exact) mass is 713 g/mol. The molecule has 0 aliphatic heterocycles. The summed E-state index contributed by atoms with van der Waals surface area (Å²) >= 11 is 1.44. The zero-order valence-electron chi connectivity index (χ0n) is 28.9. The van der Waals surface area contributed by atoms with Crippen molar-refractivity contribution in [3.05, 3.63) is 75.7 Å². The SMILES string of the molecule is CC[C@H](NC[C@H](Cc1cscn1)NC(=O)c1cc(C(=O)N[C@H](C)c2ccc(OC)cc2)cc(N(C)S(=O)(=O)N(C)C)c1)C(=O)NCC1CC1. The van der Waals surface area contributed by atoms with E-state index in [2.05, 4.69) is 26.3 Å². The number of hydrogen-bond acceptors (Lipinski definition) is 9. The first-order valence-electron chi connectivity index (χ1n) is 16.3. The number of ether oxygens (including phenoxy) is 1. The molecule has 15 heteroatoms. The van der Waals surface area contributed by atoms with Crippen molar-refractivity contribution in [3.8, 4) is 5.75 Å². The third-order valence-corrected chi connectivity index (χ3v) is 10.9. The molecule has 1 heterocycles. The number of nitrogens with zero attached hydrogens (tertiary/aromatic N) is 3. The van der Waals surface area contributed by atoms with Crippen molar-refractivity contribution in [1.29, 1.82) is 0 Å². The first kappa shape index (κ1) is 37.8. The van der Waals surface area contributed by atoms with E-state index in [1.807, 2.05) is 31.4 Å². The number of aromatic nitrogens is 1. The third-order valence-electron chi connectivity index (χ3n) is 8.45. The molecule has 3 atom stereocenters. The van der Waals surface area contributed by atoms with Crippen molar-refractivity contribution in [2.45, 2.75) is 57.7 Å². The highest BCUT2D eigenvalue weighted by molar-refractivity contribution is 7.90. The van der Waals surface area contributed by atoms with Gasteiger partial charge in [0.25, 0.3) is 11.8 Å². The normalized spacial score (nSPS) is 14.8. The number of nitrogens with one attached hydrogen (secondary N) is 4. The molecular formula is C34H47N7O6S2. The van der Waals surface area contributed by atoms with Gasteiger partial charge in [-0.2, -0.15) is 12.7 Å². The van der Waals surface area contributed by atoms with Crippen molar-refractivity contribution >= 4 is 45.0 Å². The topological polar surface area (TPSA) is 162 Å². The molecular weight excluding hydrogens is 667 g/mol. The van der Waals surface area contributed by atoms with E-state index in [9.17, 15) is 22.8 Å². The van der Waals surface area contributed by atoms with E-state index in [4.69, 9.17) is 4.74 Å². The average Bonchev–Trinajstić information content (AvgIpc) is 3.79. The number of benzene rings is 2. The Kier molecular flexibility index (Phi) is 13.1. The summed E-state index contributed by atoms with van der Waals surface area (Å²) < 4.78 is 33.4. The van der Waals surface area contributed by atoms with Crippen LogP contribution in [0.3, 0.4) is 0 Å². The molecule has 1 fully saturated rings. The summed E-state index contributed by atoms with van der Waals surface area (Å²) in [4.78, 5) is 44.7. The summed E-state index contributed by atoms with van der Waals surface area (Å²) in [7, 11) is 1.79. The summed E-state index contributed by atoms with van der Waals surface area (Å²) in [6.45, 7) is 4.69. The second-order valence-electron chi connectivity index (χ2n) is 12.4. The fourth-order valence-corrected chi connectivity index (χ4v) is 6.55. The Morgan fingerprint density at radius 1 is 1.02 bits per heavy atom. The van der Waals surface area contributed by atoms with Crippen LogP contribution in [0.2, 0.25) is 0 Å². The number of rotatable bonds is 18. The van der Waals surface area contributed by atoms with Gasteiger partial charge in [-0.25, -0.2) is 4.98 Å². The molecule has 0 bridgehead atoms. The highest BCUT2D eigenvalue weighted by Gasteiger charge is 2.27. The van der Waals surface area contributed by atoms with Crippen LogP contribution in [-0.2, 0) is 21.4 Å². The maximum absolute atomic E-state index is 13.9. The zero-order chi connectivity index (χ0) is 35.7. The Morgan fingerprint density at radius 3 is 2.22 bits per heavy atom. The largest absolute Gasteiger partial charge is 0.497 e. The number of hydrogen-bond donors (Lipinski definition) is 4. The van der Waals surface area contributed by atoms with Gasteiger partial charge in [-0.15, -0.1) is 11.3 Å². The van der Waals surface area contributed by atoms with Crippen molar-refractivity contribution in [2.75, 3.05) is 45.6 Å². The lowest BCUT2D eigenvalue weighted by molar-refractivity contribution is -0.123. The summed E-state index contributed by atoms with van der Waals surface area (Å²) in [6, 6.07) is 10.3. The van der Waals surface area contributed by atoms with Crippen LogP contribution >= 0.6 is 11.3 Å². The lowest BCUT2D eigenvalue weighted by atomic mass is 10.0. The van der Waals surface area contributed by atoms with Crippen molar-refractivity contribution in [3.63, 3.8) is 0 Å². The summed E-state index contributed by atoms with van der Waals surface area (Å²) in [6.07, 6.45) is 3.23. The Labute approximate surface area is 293 Å². The van der Waals surface area contributed by atoms with Crippen LogP contribution in [0.1, 0.15) is 71.1 Å². The van der Waals surface area contributed by atoms with E-state index in [1.54, 1.807) is 24.8 Å². The standard InChI is InChI=1S/C34H47N7O6S2/c1-7-31(34(44)36-18-23-8-9-23)35-19-27(17-28-20-48-21-37-28)39-33(43)26-14-25(15-29(16-26)41(5)49(45,46)40(3)4)32(42)38-22(2)24-10-12-30(47-6)13-11-24/h10-16,20-23,27,31,35H,7-9,17-19H2,1-6H3,(H,36,44)(H,38,42)(H,39,43)/t22-,27+,31+/m1/s1. The molecule has 1 aromatic heterocycles. The Balaban J connectivity index is 1.58. The Morgan fingerprint density at radius 2 is 1.67 bits per heavy atom. The van der Waals surface area contributed by atoms with Gasteiger partial charge in [0.15, 0.2) is 0 Å². The fraction of sp³-hybridized carbons (Fsp3) is 0.471. The zero-order valence-corrected chi connectivity index (χ0v) is 30.5. The minimum atomic E-state index is -3.94. The van der Waals surface area contributed by atoms with Gasteiger partial charge in [0.05, 0.1) is 36.1 Å². The molecule has 13 nitrogen and oxygen atoms in total. The van der Waals surface area contributed by atoms with Crippen molar-refractivity contribution in [2.24, 2.45) is 5.92 Å². The number of amides is 3. The molecule has 1 aliphatic carbocycles. The smallest absolute Gasteiger partial charge is 0.303 e. The predicted octanol–water partition coefficient (Wildman–Crippen LogP) is 3.12. The molecule has 4 N–H and O–H groups in total. The van der Waals surface area contributed by atoms with Gasteiger partial charge >= 0.3 is 10.2 Å². The van der Waals surface area contributed by atoms with Crippen LogP contribution < -0.4 is 30.3 Å². The van der Waals surface area contributed by atoms with Crippen LogP contribution in [0.5, 0.6) is 5.75 Å². The van der Waals surface area contributed by atoms with E-state index in [0.29, 0.717) is 31.1 Å². The highest BCUT2D eigenvalue weighted by Crippen LogP contribution is 2.27. The maximum atomic E-state index is 13.9. The molecule has 3 aromatic rings. The van der Waals surface area contributed by atoms with Gasteiger partial charge < -0.3 is 26.0 Å². The van der Waals surface area contributed by atoms with Crippen LogP contribution in [0.4, 0.5) is 5.69 Å². The first-order valence-corrected chi connectivity index (χ1v) is 18.6. The minimum absolute atomic E-state index is 0.0782. The Hall–Kier alpha value is -4.05. The average molecular weight is 714 g/mol. The minimum Gasteiger partial charge on any atom is -0.497 e. The van der Waals surface area contributed by atoms with Crippen LogP contribution in [-0.4, -0.2) is 88.9 Å². The predicted molar refractivity (Wildman–Crippen MR) is 191 cm³/mol. The lowest BCUT2D eigenvalue weighted by Gasteiger charge is -2.25. The van der Waals surface area contributed by atoms with Gasteiger partial charge in [-0.1, -0.05) is 19.1 Å². The van der Waals surface area contributed by atoms with Crippen molar-refractivity contribution in [1.82, 2.24) is 30.6 Å². The fourth-order valence-electron chi connectivity index (χ4n) is 5.12.